The summed E-state index contributed by atoms with van der Waals surface area (Å²) in [6.45, 7) is 3.73. The van der Waals surface area contributed by atoms with Crippen molar-refractivity contribution in [3.63, 3.8) is 0 Å². The van der Waals surface area contributed by atoms with Gasteiger partial charge in [-0.15, -0.1) is 0 Å². The number of benzene rings is 1. The van der Waals surface area contributed by atoms with Crippen LogP contribution in [0.5, 0.6) is 0 Å². The van der Waals surface area contributed by atoms with Crippen LogP contribution in [-0.2, 0) is 17.8 Å². The highest BCUT2D eigenvalue weighted by Gasteiger charge is 2.20. The first-order valence-corrected chi connectivity index (χ1v) is 8.13. The summed E-state index contributed by atoms with van der Waals surface area (Å²) in [6, 6.07) is 10.3. The molecule has 0 saturated carbocycles. The zero-order valence-electron chi connectivity index (χ0n) is 12.5. The van der Waals surface area contributed by atoms with Gasteiger partial charge in [-0.3, -0.25) is 4.79 Å². The molecule has 0 fully saturated rings. The molecule has 1 N–H and O–H groups in total. The first-order chi connectivity index (χ1) is 10.6. The van der Waals surface area contributed by atoms with Crippen LogP contribution in [0.3, 0.4) is 0 Å². The number of nitrogens with one attached hydrogen (secondary N) is 1. The van der Waals surface area contributed by atoms with E-state index < -0.39 is 0 Å². The van der Waals surface area contributed by atoms with Crippen LogP contribution in [0, 0.1) is 6.92 Å². The van der Waals surface area contributed by atoms with E-state index in [1.165, 1.54) is 11.1 Å². The third kappa shape index (κ3) is 3.30. The number of aromatic nitrogens is 1. The Morgan fingerprint density at radius 3 is 2.91 bits per heavy atom. The van der Waals surface area contributed by atoms with Gasteiger partial charge in [0.15, 0.2) is 0 Å². The summed E-state index contributed by atoms with van der Waals surface area (Å²) in [5, 5.41) is 3.14. The molecule has 3 rings (SSSR count). The summed E-state index contributed by atoms with van der Waals surface area (Å²) in [5.41, 5.74) is 3.62. The molecule has 2 aromatic rings. The second kappa shape index (κ2) is 6.48. The van der Waals surface area contributed by atoms with Crippen molar-refractivity contribution in [3.05, 3.63) is 57.7 Å². The summed E-state index contributed by atoms with van der Waals surface area (Å²) in [5.74, 6) is 0.868. The standard InChI is InChI=1S/C17H18BrN3O/c1-12-8-15(18)9-19-17(12)20-10-16(22)21-7-6-13-4-2-3-5-14(13)11-21/h2-5,8-9H,6-7,10-11H2,1H3,(H,19,20). The number of anilines is 1. The topological polar surface area (TPSA) is 45.2 Å². The van der Waals surface area contributed by atoms with Gasteiger partial charge in [-0.1, -0.05) is 24.3 Å². The molecule has 1 aromatic carbocycles. The fourth-order valence-electron chi connectivity index (χ4n) is 2.71. The fraction of sp³-hybridized carbons (Fsp3) is 0.294. The lowest BCUT2D eigenvalue weighted by Crippen LogP contribution is -2.39. The van der Waals surface area contributed by atoms with E-state index in [9.17, 15) is 4.79 Å². The Morgan fingerprint density at radius 1 is 1.36 bits per heavy atom. The summed E-state index contributed by atoms with van der Waals surface area (Å²) in [4.78, 5) is 18.6. The number of carbonyl (C=O) groups is 1. The van der Waals surface area contributed by atoms with Gasteiger partial charge in [-0.2, -0.15) is 0 Å². The number of hydrogen-bond donors (Lipinski definition) is 1. The van der Waals surface area contributed by atoms with E-state index in [0.29, 0.717) is 6.54 Å². The number of fused-ring (bicyclic) bond motifs is 1. The fourth-order valence-corrected chi connectivity index (χ4v) is 3.15. The molecule has 0 radical (unpaired) electrons. The number of nitrogens with zero attached hydrogens (tertiary/aromatic N) is 2. The lowest BCUT2D eigenvalue weighted by molar-refractivity contribution is -0.130. The Balaban J connectivity index is 1.61. The average Bonchev–Trinajstić information content (AvgIpc) is 2.53. The van der Waals surface area contributed by atoms with Gasteiger partial charge in [0, 0.05) is 23.8 Å². The number of pyridine rings is 1. The van der Waals surface area contributed by atoms with Crippen LogP contribution in [0.1, 0.15) is 16.7 Å². The monoisotopic (exact) mass is 359 g/mol. The molecule has 114 valence electrons. The molecule has 0 spiro atoms. The van der Waals surface area contributed by atoms with Crippen LogP contribution >= 0.6 is 15.9 Å². The number of hydrogen-bond acceptors (Lipinski definition) is 3. The van der Waals surface area contributed by atoms with E-state index in [1.54, 1.807) is 6.20 Å². The SMILES string of the molecule is Cc1cc(Br)cnc1NCC(=O)N1CCc2ccccc2C1. The molecule has 22 heavy (non-hydrogen) atoms. The van der Waals surface area contributed by atoms with Crippen LogP contribution in [0.25, 0.3) is 0 Å². The molecule has 0 unspecified atom stereocenters. The second-order valence-corrected chi connectivity index (χ2v) is 6.42. The van der Waals surface area contributed by atoms with Crippen molar-refractivity contribution in [2.45, 2.75) is 19.9 Å². The highest BCUT2D eigenvalue weighted by Crippen LogP contribution is 2.19. The minimum atomic E-state index is 0.110. The van der Waals surface area contributed by atoms with Crippen LogP contribution in [0.15, 0.2) is 41.0 Å². The van der Waals surface area contributed by atoms with Gasteiger partial charge >= 0.3 is 0 Å². The highest BCUT2D eigenvalue weighted by molar-refractivity contribution is 9.10. The van der Waals surface area contributed by atoms with Gasteiger partial charge < -0.3 is 10.2 Å². The second-order valence-electron chi connectivity index (χ2n) is 5.51. The maximum absolute atomic E-state index is 12.4. The zero-order valence-corrected chi connectivity index (χ0v) is 14.1. The average molecular weight is 360 g/mol. The Kier molecular flexibility index (Phi) is 4.43. The van der Waals surface area contributed by atoms with E-state index in [2.05, 4.69) is 44.4 Å². The molecule has 0 bridgehead atoms. The molecule has 1 aromatic heterocycles. The summed E-state index contributed by atoms with van der Waals surface area (Å²) in [6.07, 6.45) is 2.66. The maximum Gasteiger partial charge on any atom is 0.242 e. The number of amides is 1. The smallest absolute Gasteiger partial charge is 0.242 e. The molecule has 0 aliphatic carbocycles. The lowest BCUT2D eigenvalue weighted by Gasteiger charge is -2.29. The Hall–Kier alpha value is -1.88. The molecular weight excluding hydrogens is 342 g/mol. The van der Waals surface area contributed by atoms with Crippen molar-refractivity contribution < 1.29 is 4.79 Å². The number of rotatable bonds is 3. The van der Waals surface area contributed by atoms with E-state index in [4.69, 9.17) is 0 Å². The van der Waals surface area contributed by atoms with Gasteiger partial charge in [0.25, 0.3) is 0 Å². The molecule has 4 nitrogen and oxygen atoms in total. The summed E-state index contributed by atoms with van der Waals surface area (Å²) in [7, 11) is 0. The molecule has 1 aliphatic heterocycles. The Labute approximate surface area is 138 Å². The van der Waals surface area contributed by atoms with Crippen LogP contribution < -0.4 is 5.32 Å². The number of halogens is 1. The minimum Gasteiger partial charge on any atom is -0.361 e. The first kappa shape index (κ1) is 15.0. The van der Waals surface area contributed by atoms with Crippen molar-refractivity contribution in [3.8, 4) is 0 Å². The molecular formula is C17H18BrN3O. The molecule has 1 amide bonds. The van der Waals surface area contributed by atoms with Crippen molar-refractivity contribution in [1.29, 1.82) is 0 Å². The molecule has 1 aliphatic rings. The molecule has 2 heterocycles. The summed E-state index contributed by atoms with van der Waals surface area (Å²) < 4.78 is 0.939. The van der Waals surface area contributed by atoms with Crippen molar-refractivity contribution in [1.82, 2.24) is 9.88 Å². The molecule has 0 saturated heterocycles. The van der Waals surface area contributed by atoms with E-state index in [-0.39, 0.29) is 12.5 Å². The Morgan fingerprint density at radius 2 is 2.14 bits per heavy atom. The van der Waals surface area contributed by atoms with Crippen molar-refractivity contribution in [2.75, 3.05) is 18.4 Å². The van der Waals surface area contributed by atoms with Gasteiger partial charge in [-0.25, -0.2) is 4.98 Å². The van der Waals surface area contributed by atoms with Gasteiger partial charge in [-0.05, 0) is 52.0 Å². The predicted molar refractivity (Wildman–Crippen MR) is 90.7 cm³/mol. The van der Waals surface area contributed by atoms with Crippen molar-refractivity contribution in [2.24, 2.45) is 0 Å². The first-order valence-electron chi connectivity index (χ1n) is 7.34. The van der Waals surface area contributed by atoms with Gasteiger partial charge in [0.05, 0.1) is 6.54 Å². The normalized spacial score (nSPS) is 13.6. The van der Waals surface area contributed by atoms with E-state index in [0.717, 1.165) is 28.8 Å². The third-order valence-corrected chi connectivity index (χ3v) is 4.37. The van der Waals surface area contributed by atoms with Crippen molar-refractivity contribution >= 4 is 27.7 Å². The quantitative estimate of drug-likeness (QED) is 0.915. The maximum atomic E-state index is 12.4. The van der Waals surface area contributed by atoms with E-state index in [1.807, 2.05) is 24.0 Å². The Bertz CT molecular complexity index is 702. The van der Waals surface area contributed by atoms with E-state index >= 15 is 0 Å². The van der Waals surface area contributed by atoms with Crippen LogP contribution in [0.4, 0.5) is 5.82 Å². The number of carbonyl (C=O) groups excluding carboxylic acids is 1. The largest absolute Gasteiger partial charge is 0.361 e. The minimum absolute atomic E-state index is 0.110. The molecule has 5 heteroatoms. The van der Waals surface area contributed by atoms with Gasteiger partial charge in [0.1, 0.15) is 5.82 Å². The third-order valence-electron chi connectivity index (χ3n) is 3.94. The van der Waals surface area contributed by atoms with Crippen LogP contribution in [0.2, 0.25) is 0 Å². The number of aryl methyl sites for hydroxylation is 1. The summed E-state index contributed by atoms with van der Waals surface area (Å²) >= 11 is 3.39. The van der Waals surface area contributed by atoms with Gasteiger partial charge in [0.2, 0.25) is 5.91 Å². The molecule has 0 atom stereocenters. The predicted octanol–water partition coefficient (Wildman–Crippen LogP) is 3.15. The zero-order chi connectivity index (χ0) is 15.5. The van der Waals surface area contributed by atoms with Crippen LogP contribution in [-0.4, -0.2) is 28.9 Å². The lowest BCUT2D eigenvalue weighted by atomic mass is 10.00. The highest BCUT2D eigenvalue weighted by atomic mass is 79.9.